The summed E-state index contributed by atoms with van der Waals surface area (Å²) < 4.78 is 91.0. The number of benzene rings is 8. The Morgan fingerprint density at radius 1 is 0.653 bits per heavy atom. The van der Waals surface area contributed by atoms with Gasteiger partial charge in [0.05, 0.1) is 9.60 Å². The van der Waals surface area contributed by atoms with E-state index in [2.05, 4.69) is 92.2 Å². The third kappa shape index (κ3) is 8.52. The Bertz CT molecular complexity index is 4160. The maximum absolute atomic E-state index is 10.2. The van der Waals surface area contributed by atoms with Crippen molar-refractivity contribution >= 4 is 44.6 Å². The number of ether oxygens (including phenoxy) is 1. The molecule has 2 aliphatic rings. The van der Waals surface area contributed by atoms with E-state index >= 15 is 0 Å². The number of hydrogen-bond acceptors (Lipinski definition) is 4. The Labute approximate surface area is 451 Å². The van der Waals surface area contributed by atoms with Crippen LogP contribution in [0.3, 0.4) is 0 Å². The number of anilines is 4. The van der Waals surface area contributed by atoms with E-state index in [0.717, 1.165) is 63.3 Å². The molecule has 3 heterocycles. The molecule has 2 aromatic heterocycles. The minimum atomic E-state index is -1.72. The van der Waals surface area contributed by atoms with Gasteiger partial charge in [-0.1, -0.05) is 162 Å². The van der Waals surface area contributed by atoms with E-state index in [1.807, 2.05) is 78.3 Å². The normalized spacial score (nSPS) is 16.6. The molecule has 6 heteroatoms. The Balaban J connectivity index is 0.00000690. The van der Waals surface area contributed by atoms with Crippen LogP contribution in [0.1, 0.15) is 83.4 Å². The fourth-order valence-corrected chi connectivity index (χ4v) is 10.3. The van der Waals surface area contributed by atoms with Gasteiger partial charge < -0.3 is 19.1 Å². The predicted octanol–water partition coefficient (Wildman–Crippen LogP) is 17.5. The van der Waals surface area contributed by atoms with Gasteiger partial charge in [0.2, 0.25) is 0 Å². The molecular weight excluding hydrogens is 1060 g/mol. The zero-order valence-corrected chi connectivity index (χ0v) is 43.2. The molecule has 0 amide bonds. The van der Waals surface area contributed by atoms with Crippen LogP contribution in [-0.4, -0.2) is 9.55 Å². The first-order chi connectivity index (χ1) is 38.2. The second kappa shape index (κ2) is 18.8. The number of pyridine rings is 1. The fraction of sp³-hybridized carbons (Fsp3) is 0.182. The van der Waals surface area contributed by atoms with E-state index in [1.165, 1.54) is 6.20 Å². The van der Waals surface area contributed by atoms with Gasteiger partial charge in [0, 0.05) is 75.2 Å². The number of fused-ring (bicyclic) bond motifs is 5. The molecule has 0 saturated carbocycles. The molecule has 0 N–H and O–H groups in total. The van der Waals surface area contributed by atoms with Gasteiger partial charge in [-0.3, -0.25) is 0 Å². The summed E-state index contributed by atoms with van der Waals surface area (Å²) in [5.74, 6) is 0.506. The monoisotopic (exact) mass is 1130 g/mol. The van der Waals surface area contributed by atoms with Gasteiger partial charge in [0.25, 0.3) is 0 Å². The number of rotatable bonds is 10. The largest absolute Gasteiger partial charge is 0.509 e. The first kappa shape index (κ1) is 37.6. The number of aromatic nitrogens is 2. The standard InChI is InChI=1S/C66H57N4O.Pt/c1-44(2)37-45-33-36-67-63(38-45)70-59-26-11-10-23-55(59)56-31-30-52(42-62(56)70)71-51-22-15-21-50(41-51)68-43-69(61-28-13-12-27-60(61)68)64-53(48-20-14-19-47(39-48)46-17-8-7-9-18-46)24-16-25-54(64)49-29-32-57-58(40-49)66(5,6)35-34-65(57,3)4;/h7-33,36,38-40,43-44H,34-35,37H2,1-6H3;/q-3;/i10D,11D,23D,26D,29D,32D,37D2,40D;. The summed E-state index contributed by atoms with van der Waals surface area (Å²) >= 11 is 0. The summed E-state index contributed by atoms with van der Waals surface area (Å²) in [4.78, 5) is 8.78. The first-order valence-corrected chi connectivity index (χ1v) is 24.3. The Morgan fingerprint density at radius 3 is 2.14 bits per heavy atom. The van der Waals surface area contributed by atoms with Crippen molar-refractivity contribution in [2.45, 2.75) is 71.6 Å². The molecule has 8 aromatic carbocycles. The smallest absolute Gasteiger partial charge is 0.135 e. The van der Waals surface area contributed by atoms with Gasteiger partial charge in [0.1, 0.15) is 5.82 Å². The molecule has 0 fully saturated rings. The predicted molar refractivity (Wildman–Crippen MR) is 294 cm³/mol. The SMILES string of the molecule is [2H]c1c([2H])c2c(c([2H])c1-c1cccc(-c3cccc(-c4ccccc4)c3)c1N1[CH-]N(c3[c-]c(Oc4[c-]c5c(cc4)c4c([2H])c([2H])c([2H])c([2H])c4n5-c4cc(C([2H])([2H])C(C)C)ccn4)ccc3)c3ccccc31)C(C)(C)CCC2(C)C.[Pt]. The minimum Gasteiger partial charge on any atom is -0.509 e. The second-order valence-electron chi connectivity index (χ2n) is 20.1. The number of nitrogens with zero attached hydrogens (tertiary/aromatic N) is 4. The van der Waals surface area contributed by atoms with Crippen LogP contribution in [0.15, 0.2) is 188 Å². The third-order valence-corrected chi connectivity index (χ3v) is 13.9. The van der Waals surface area contributed by atoms with Gasteiger partial charge in [-0.15, -0.1) is 48.1 Å². The Morgan fingerprint density at radius 2 is 1.33 bits per heavy atom. The first-order valence-electron chi connectivity index (χ1n) is 28.8. The summed E-state index contributed by atoms with van der Waals surface area (Å²) in [6.45, 7) is 14.2. The van der Waals surface area contributed by atoms with Gasteiger partial charge in [-0.05, 0) is 117 Å². The van der Waals surface area contributed by atoms with Gasteiger partial charge in [-0.25, -0.2) is 4.98 Å². The molecule has 0 unspecified atom stereocenters. The van der Waals surface area contributed by atoms with Crippen LogP contribution in [0.2, 0.25) is 0 Å². The van der Waals surface area contributed by atoms with E-state index in [9.17, 15) is 4.11 Å². The Hall–Kier alpha value is -7.20. The van der Waals surface area contributed by atoms with Crippen molar-refractivity contribution in [2.24, 2.45) is 5.92 Å². The topological polar surface area (TPSA) is 33.5 Å². The number of hydrogen-bond donors (Lipinski definition) is 0. The summed E-state index contributed by atoms with van der Waals surface area (Å²) in [7, 11) is 0. The van der Waals surface area contributed by atoms with Crippen molar-refractivity contribution in [2.75, 3.05) is 9.80 Å². The molecule has 0 bridgehead atoms. The quantitative estimate of drug-likeness (QED) is 0.128. The zero-order valence-electron chi connectivity index (χ0n) is 49.9. The van der Waals surface area contributed by atoms with Crippen LogP contribution in [0.25, 0.3) is 61.0 Å². The molecular formula is C66H57N4OPt-3. The molecule has 360 valence electrons. The second-order valence-corrected chi connectivity index (χ2v) is 20.1. The maximum atomic E-state index is 10.2. The average Bonchev–Trinajstić information content (AvgIpc) is 4.07. The van der Waals surface area contributed by atoms with Crippen LogP contribution in [0.5, 0.6) is 11.5 Å². The summed E-state index contributed by atoms with van der Waals surface area (Å²) in [6.07, 6.45) is 1.48. The van der Waals surface area contributed by atoms with Crippen molar-refractivity contribution in [1.82, 2.24) is 9.55 Å². The zero-order chi connectivity index (χ0) is 56.3. The van der Waals surface area contributed by atoms with Gasteiger partial charge in [-0.2, -0.15) is 12.1 Å². The van der Waals surface area contributed by atoms with Gasteiger partial charge in [0.15, 0.2) is 0 Å². The van der Waals surface area contributed by atoms with Crippen LogP contribution in [0.4, 0.5) is 22.7 Å². The third-order valence-electron chi connectivity index (χ3n) is 13.9. The van der Waals surface area contributed by atoms with E-state index in [4.69, 9.17) is 13.0 Å². The van der Waals surface area contributed by atoms with Crippen molar-refractivity contribution in [3.05, 3.63) is 224 Å². The molecule has 1 aliphatic carbocycles. The molecule has 1 aliphatic heterocycles. The molecule has 12 rings (SSSR count). The van der Waals surface area contributed by atoms with Crippen molar-refractivity contribution in [3.63, 3.8) is 0 Å². The molecule has 5 nitrogen and oxygen atoms in total. The molecule has 10 aromatic rings. The Kier molecular flexibility index (Phi) is 9.79. The average molecular weight is 1130 g/mol. The van der Waals surface area contributed by atoms with E-state index < -0.39 is 17.8 Å². The summed E-state index contributed by atoms with van der Waals surface area (Å²) in [5, 5.41) is 0.767. The summed E-state index contributed by atoms with van der Waals surface area (Å²) in [5.41, 5.74) is 9.77. The fourth-order valence-electron chi connectivity index (χ4n) is 10.3. The molecule has 0 saturated heterocycles. The molecule has 0 radical (unpaired) electrons. The molecule has 0 spiro atoms. The van der Waals surface area contributed by atoms with Crippen molar-refractivity contribution in [1.29, 1.82) is 0 Å². The minimum absolute atomic E-state index is 0. The molecule has 72 heavy (non-hydrogen) atoms. The van der Waals surface area contributed by atoms with E-state index in [1.54, 1.807) is 48.7 Å². The van der Waals surface area contributed by atoms with Crippen LogP contribution < -0.4 is 14.5 Å². The van der Waals surface area contributed by atoms with E-state index in [0.29, 0.717) is 39.0 Å². The van der Waals surface area contributed by atoms with E-state index in [-0.39, 0.29) is 91.1 Å². The van der Waals surface area contributed by atoms with Crippen LogP contribution in [-0.2, 0) is 38.3 Å². The van der Waals surface area contributed by atoms with Crippen LogP contribution >= 0.6 is 0 Å². The summed E-state index contributed by atoms with van der Waals surface area (Å²) in [6, 6.07) is 51.1. The van der Waals surface area contributed by atoms with Crippen molar-refractivity contribution < 1.29 is 38.1 Å². The van der Waals surface area contributed by atoms with Crippen LogP contribution in [0, 0.1) is 24.7 Å². The number of para-hydroxylation sites is 4. The molecule has 0 atom stereocenters. The van der Waals surface area contributed by atoms with Gasteiger partial charge >= 0.3 is 0 Å². The van der Waals surface area contributed by atoms with Crippen molar-refractivity contribution in [3.8, 4) is 50.7 Å². The maximum Gasteiger partial charge on any atom is 0.135 e.